The Balaban J connectivity index is 4.23. The summed E-state index contributed by atoms with van der Waals surface area (Å²) in [5, 5.41) is 0.280. The Morgan fingerprint density at radius 2 is 1.67 bits per heavy atom. The van der Waals surface area contributed by atoms with Gasteiger partial charge in [-0.3, -0.25) is 0 Å². The smallest absolute Gasteiger partial charge is 0.204 e. The Morgan fingerprint density at radius 1 is 1.25 bits per heavy atom. The molecule has 0 aromatic heterocycles. The SMILES string of the molecule is CC(C)(CBr)CC(F)(F)C(F)F. The minimum Gasteiger partial charge on any atom is -0.204 e. The molecule has 0 unspecified atom stereocenters. The molecule has 0 nitrogen and oxygen atoms in total. The predicted molar refractivity (Wildman–Crippen MR) is 43.1 cm³/mol. The standard InChI is InChI=1S/C7H11BrF4/c1-6(2,4-8)3-7(11,12)5(9)10/h5H,3-4H2,1-2H3. The monoisotopic (exact) mass is 250 g/mol. The van der Waals surface area contributed by atoms with Crippen molar-refractivity contribution in [2.45, 2.75) is 32.6 Å². The van der Waals surface area contributed by atoms with Crippen LogP contribution in [0, 0.1) is 5.41 Å². The van der Waals surface area contributed by atoms with Gasteiger partial charge >= 0.3 is 12.3 Å². The van der Waals surface area contributed by atoms with Crippen LogP contribution < -0.4 is 0 Å². The zero-order chi connectivity index (χ0) is 9.99. The quantitative estimate of drug-likeness (QED) is 0.528. The maximum Gasteiger partial charge on any atom is 0.308 e. The van der Waals surface area contributed by atoms with Gasteiger partial charge in [0.1, 0.15) is 0 Å². The van der Waals surface area contributed by atoms with Crippen molar-refractivity contribution in [3.63, 3.8) is 0 Å². The molecule has 5 heteroatoms. The maximum atomic E-state index is 12.5. The lowest BCUT2D eigenvalue weighted by atomic mass is 9.89. The van der Waals surface area contributed by atoms with Gasteiger partial charge in [0.2, 0.25) is 0 Å². The van der Waals surface area contributed by atoms with Crippen LogP contribution in [0.3, 0.4) is 0 Å². The first-order valence-corrected chi connectivity index (χ1v) is 4.55. The van der Waals surface area contributed by atoms with Crippen LogP contribution in [-0.2, 0) is 0 Å². The average molecular weight is 251 g/mol. The number of halogens is 5. The van der Waals surface area contributed by atoms with E-state index in [0.29, 0.717) is 0 Å². The van der Waals surface area contributed by atoms with Gasteiger partial charge in [0.05, 0.1) is 0 Å². The Kier molecular flexibility index (Phi) is 4.00. The van der Waals surface area contributed by atoms with Crippen LogP contribution in [0.1, 0.15) is 20.3 Å². The van der Waals surface area contributed by atoms with Crippen molar-refractivity contribution < 1.29 is 17.6 Å². The summed E-state index contributed by atoms with van der Waals surface area (Å²) in [5.74, 6) is -3.88. The third kappa shape index (κ3) is 3.74. The molecule has 0 atom stereocenters. The molecule has 0 radical (unpaired) electrons. The van der Waals surface area contributed by atoms with E-state index >= 15 is 0 Å². The first-order chi connectivity index (χ1) is 5.21. The topological polar surface area (TPSA) is 0 Å². The Hall–Kier alpha value is 0.200. The van der Waals surface area contributed by atoms with E-state index < -0.39 is 24.2 Å². The van der Waals surface area contributed by atoms with Crippen LogP contribution >= 0.6 is 15.9 Å². The molecule has 12 heavy (non-hydrogen) atoms. The summed E-state index contributed by atoms with van der Waals surface area (Å²) in [6.45, 7) is 3.02. The molecule has 0 aliphatic rings. The zero-order valence-corrected chi connectivity index (χ0v) is 8.47. The average Bonchev–Trinajstić information content (AvgIpc) is 1.85. The summed E-state index contributed by atoms with van der Waals surface area (Å²) in [5.41, 5.74) is -0.806. The van der Waals surface area contributed by atoms with E-state index in [4.69, 9.17) is 0 Å². The Labute approximate surface area is 77.5 Å². The second-order valence-corrected chi connectivity index (χ2v) is 4.10. The lowest BCUT2D eigenvalue weighted by Gasteiger charge is -2.26. The molecule has 0 aliphatic heterocycles. The molecule has 0 fully saturated rings. The van der Waals surface area contributed by atoms with Crippen molar-refractivity contribution in [2.24, 2.45) is 5.41 Å². The van der Waals surface area contributed by atoms with E-state index in [-0.39, 0.29) is 5.33 Å². The molecule has 0 amide bonds. The molecule has 0 saturated heterocycles. The normalized spacial score (nSPS) is 14.0. The van der Waals surface area contributed by atoms with Gasteiger partial charge in [0.25, 0.3) is 0 Å². The van der Waals surface area contributed by atoms with Crippen LogP contribution in [0.2, 0.25) is 0 Å². The highest BCUT2D eigenvalue weighted by molar-refractivity contribution is 9.09. The molecular weight excluding hydrogens is 240 g/mol. The van der Waals surface area contributed by atoms with Gasteiger partial charge in [-0.1, -0.05) is 29.8 Å². The number of alkyl halides is 5. The minimum atomic E-state index is -3.88. The van der Waals surface area contributed by atoms with Crippen LogP contribution in [0.4, 0.5) is 17.6 Å². The maximum absolute atomic E-state index is 12.5. The molecular formula is C7H11BrF4. The zero-order valence-electron chi connectivity index (χ0n) is 6.88. The van der Waals surface area contributed by atoms with Gasteiger partial charge in [0.15, 0.2) is 0 Å². The van der Waals surface area contributed by atoms with Gasteiger partial charge in [0, 0.05) is 11.8 Å². The van der Waals surface area contributed by atoms with Crippen molar-refractivity contribution in [3.8, 4) is 0 Å². The Morgan fingerprint density at radius 3 is 1.92 bits per heavy atom. The molecule has 74 valence electrons. The van der Waals surface area contributed by atoms with Crippen LogP contribution in [0.5, 0.6) is 0 Å². The molecule has 0 spiro atoms. The lowest BCUT2D eigenvalue weighted by molar-refractivity contribution is -0.146. The first-order valence-electron chi connectivity index (χ1n) is 3.43. The van der Waals surface area contributed by atoms with Crippen LogP contribution in [0.15, 0.2) is 0 Å². The third-order valence-electron chi connectivity index (χ3n) is 1.40. The van der Waals surface area contributed by atoms with Crippen molar-refractivity contribution in [1.82, 2.24) is 0 Å². The molecule has 0 rings (SSSR count). The highest BCUT2D eigenvalue weighted by Crippen LogP contribution is 2.37. The van der Waals surface area contributed by atoms with Crippen molar-refractivity contribution in [1.29, 1.82) is 0 Å². The van der Waals surface area contributed by atoms with E-state index in [9.17, 15) is 17.6 Å². The largest absolute Gasteiger partial charge is 0.308 e. The van der Waals surface area contributed by atoms with Gasteiger partial charge in [-0.05, 0) is 5.41 Å². The highest BCUT2D eigenvalue weighted by atomic mass is 79.9. The van der Waals surface area contributed by atoms with Gasteiger partial charge in [-0.2, -0.15) is 0 Å². The van der Waals surface area contributed by atoms with E-state index in [1.807, 2.05) is 0 Å². The van der Waals surface area contributed by atoms with Crippen molar-refractivity contribution in [3.05, 3.63) is 0 Å². The summed E-state index contributed by atoms with van der Waals surface area (Å²) in [4.78, 5) is 0. The van der Waals surface area contributed by atoms with E-state index in [2.05, 4.69) is 15.9 Å². The van der Waals surface area contributed by atoms with E-state index in [1.54, 1.807) is 0 Å². The van der Waals surface area contributed by atoms with Gasteiger partial charge in [-0.25, -0.2) is 17.6 Å². The Bertz CT molecular complexity index is 144. The molecule has 0 aliphatic carbocycles. The number of hydrogen-bond donors (Lipinski definition) is 0. The molecule has 0 N–H and O–H groups in total. The summed E-state index contributed by atoms with van der Waals surface area (Å²) in [6, 6.07) is 0. The van der Waals surface area contributed by atoms with Crippen LogP contribution in [0.25, 0.3) is 0 Å². The second-order valence-electron chi connectivity index (χ2n) is 3.54. The van der Waals surface area contributed by atoms with Crippen LogP contribution in [-0.4, -0.2) is 17.7 Å². The number of rotatable bonds is 4. The number of hydrogen-bond acceptors (Lipinski definition) is 0. The van der Waals surface area contributed by atoms with Crippen molar-refractivity contribution in [2.75, 3.05) is 5.33 Å². The first kappa shape index (κ1) is 12.2. The summed E-state index contributed by atoms with van der Waals surface area (Å²) >= 11 is 2.99. The fourth-order valence-corrected chi connectivity index (χ4v) is 0.961. The molecule has 0 saturated carbocycles. The van der Waals surface area contributed by atoms with E-state index in [0.717, 1.165) is 0 Å². The highest BCUT2D eigenvalue weighted by Gasteiger charge is 2.44. The third-order valence-corrected chi connectivity index (χ3v) is 2.91. The molecule has 0 aromatic carbocycles. The molecule has 0 bridgehead atoms. The van der Waals surface area contributed by atoms with E-state index in [1.165, 1.54) is 13.8 Å². The molecule has 0 heterocycles. The summed E-state index contributed by atoms with van der Waals surface area (Å²) < 4.78 is 48.3. The van der Waals surface area contributed by atoms with Gasteiger partial charge in [-0.15, -0.1) is 0 Å². The lowest BCUT2D eigenvalue weighted by Crippen LogP contribution is -2.33. The fourth-order valence-electron chi connectivity index (χ4n) is 0.762. The second kappa shape index (κ2) is 3.94. The summed E-state index contributed by atoms with van der Waals surface area (Å²) in [7, 11) is 0. The van der Waals surface area contributed by atoms with Crippen molar-refractivity contribution >= 4 is 15.9 Å². The summed E-state index contributed by atoms with van der Waals surface area (Å²) in [6.07, 6.45) is -4.38. The fraction of sp³-hybridized carbons (Fsp3) is 1.00. The van der Waals surface area contributed by atoms with Gasteiger partial charge < -0.3 is 0 Å². The molecule has 0 aromatic rings. The minimum absolute atomic E-state index is 0.280. The predicted octanol–water partition coefficient (Wildman–Crippen LogP) is 3.70.